The van der Waals surface area contributed by atoms with Crippen molar-refractivity contribution in [2.45, 2.75) is 19.8 Å². The van der Waals surface area contributed by atoms with Gasteiger partial charge in [0.25, 0.3) is 0 Å². The third kappa shape index (κ3) is 5.58. The number of fused-ring (bicyclic) bond motifs is 1. The number of amides is 2. The lowest BCUT2D eigenvalue weighted by Gasteiger charge is -2.10. The molecule has 3 aromatic carbocycles. The maximum absolute atomic E-state index is 12.1. The number of benzene rings is 3. The Bertz CT molecular complexity index is 1080. The molecule has 0 saturated heterocycles. The first kappa shape index (κ1) is 21.3. The Balaban J connectivity index is 1.59. The summed E-state index contributed by atoms with van der Waals surface area (Å²) in [6, 6.07) is 18.7. The van der Waals surface area contributed by atoms with Crippen LogP contribution in [0.25, 0.3) is 10.8 Å². The van der Waals surface area contributed by atoms with Gasteiger partial charge < -0.3 is 10.1 Å². The number of rotatable bonds is 8. The molecule has 30 heavy (non-hydrogen) atoms. The number of nitrogens with one attached hydrogen (secondary N) is 2. The summed E-state index contributed by atoms with van der Waals surface area (Å²) in [5, 5.41) is 9.20. The second-order valence-corrected chi connectivity index (χ2v) is 6.86. The summed E-state index contributed by atoms with van der Waals surface area (Å²) in [4.78, 5) is 24.1. The van der Waals surface area contributed by atoms with Gasteiger partial charge in [-0.3, -0.25) is 9.59 Å². The molecule has 0 radical (unpaired) electrons. The summed E-state index contributed by atoms with van der Waals surface area (Å²) in [7, 11) is 0. The van der Waals surface area contributed by atoms with Crippen molar-refractivity contribution in [2.75, 3.05) is 11.9 Å². The van der Waals surface area contributed by atoms with Gasteiger partial charge in [0.05, 0.1) is 23.5 Å². The normalized spacial score (nSPS) is 10.9. The van der Waals surface area contributed by atoms with E-state index in [1.165, 1.54) is 0 Å². The predicted molar refractivity (Wildman–Crippen MR) is 120 cm³/mol. The number of hydrogen-bond acceptors (Lipinski definition) is 4. The smallest absolute Gasteiger partial charge is 0.240 e. The molecule has 2 amide bonds. The molecular weight excluding hydrogens is 402 g/mol. The molecule has 0 heterocycles. The molecule has 154 valence electrons. The van der Waals surface area contributed by atoms with Crippen molar-refractivity contribution in [1.82, 2.24) is 5.43 Å². The molecule has 3 rings (SSSR count). The molecule has 0 fully saturated rings. The molecule has 0 saturated carbocycles. The lowest BCUT2D eigenvalue weighted by molar-refractivity contribution is -0.124. The van der Waals surface area contributed by atoms with Gasteiger partial charge in [-0.2, -0.15) is 5.10 Å². The first-order valence-electron chi connectivity index (χ1n) is 9.59. The third-order valence-electron chi connectivity index (χ3n) is 4.34. The molecule has 6 nitrogen and oxygen atoms in total. The number of carbonyl (C=O) groups excluding carboxylic acids is 2. The molecule has 0 aliphatic heterocycles. The summed E-state index contributed by atoms with van der Waals surface area (Å²) < 4.78 is 5.68. The quantitative estimate of drug-likeness (QED) is 0.405. The fourth-order valence-electron chi connectivity index (χ4n) is 2.92. The van der Waals surface area contributed by atoms with Crippen molar-refractivity contribution >= 4 is 46.1 Å². The fourth-order valence-corrected chi connectivity index (χ4v) is 3.10. The van der Waals surface area contributed by atoms with Gasteiger partial charge in [0, 0.05) is 18.4 Å². The van der Waals surface area contributed by atoms with Crippen LogP contribution in [-0.4, -0.2) is 24.6 Å². The van der Waals surface area contributed by atoms with E-state index < -0.39 is 0 Å². The lowest BCUT2D eigenvalue weighted by atomic mass is 10.0. The van der Waals surface area contributed by atoms with Crippen LogP contribution in [0.5, 0.6) is 5.75 Å². The standard InChI is InChI=1S/C23H22ClN3O3/c1-2-30-21-12-11-16-7-3-4-8-17(16)18(21)15-25-27-23(29)14-13-22(28)26-20-10-6-5-9-19(20)24/h3-12,15H,2,13-14H2,1H3,(H,26,28)(H,27,29). The predicted octanol–water partition coefficient (Wildman–Crippen LogP) is 4.76. The molecule has 0 unspecified atom stereocenters. The van der Waals surface area contributed by atoms with E-state index in [1.54, 1.807) is 30.5 Å². The molecule has 0 spiro atoms. The molecule has 0 aliphatic carbocycles. The van der Waals surface area contributed by atoms with E-state index in [1.807, 2.05) is 43.3 Å². The van der Waals surface area contributed by atoms with Gasteiger partial charge in [0.1, 0.15) is 5.75 Å². The Morgan fingerprint density at radius 1 is 1.00 bits per heavy atom. The summed E-state index contributed by atoms with van der Waals surface area (Å²) in [6.07, 6.45) is 1.58. The topological polar surface area (TPSA) is 79.8 Å². The number of para-hydroxylation sites is 1. The lowest BCUT2D eigenvalue weighted by Crippen LogP contribution is -2.20. The zero-order valence-corrected chi connectivity index (χ0v) is 17.3. The van der Waals surface area contributed by atoms with Crippen molar-refractivity contribution in [1.29, 1.82) is 0 Å². The highest BCUT2D eigenvalue weighted by Gasteiger charge is 2.09. The number of anilines is 1. The molecule has 7 heteroatoms. The van der Waals surface area contributed by atoms with Gasteiger partial charge in [0.15, 0.2) is 0 Å². The Morgan fingerprint density at radius 3 is 2.53 bits per heavy atom. The third-order valence-corrected chi connectivity index (χ3v) is 4.67. The van der Waals surface area contributed by atoms with Crippen LogP contribution in [0, 0.1) is 0 Å². The van der Waals surface area contributed by atoms with Crippen LogP contribution in [-0.2, 0) is 9.59 Å². The zero-order valence-electron chi connectivity index (χ0n) is 16.5. The first-order valence-corrected chi connectivity index (χ1v) is 9.97. The second kappa shape index (κ2) is 10.4. The van der Waals surface area contributed by atoms with E-state index in [0.717, 1.165) is 16.3 Å². The van der Waals surface area contributed by atoms with Crippen molar-refractivity contribution in [3.05, 3.63) is 71.2 Å². The van der Waals surface area contributed by atoms with E-state index in [4.69, 9.17) is 16.3 Å². The van der Waals surface area contributed by atoms with E-state index in [0.29, 0.717) is 23.1 Å². The number of nitrogens with zero attached hydrogens (tertiary/aromatic N) is 1. The summed E-state index contributed by atoms with van der Waals surface area (Å²) in [5.41, 5.74) is 3.76. The van der Waals surface area contributed by atoms with E-state index in [2.05, 4.69) is 15.8 Å². The minimum Gasteiger partial charge on any atom is -0.493 e. The molecule has 3 aromatic rings. The molecular formula is C23H22ClN3O3. The minimum absolute atomic E-state index is 0.00147. The number of carbonyl (C=O) groups is 2. The van der Waals surface area contributed by atoms with Crippen LogP contribution < -0.4 is 15.5 Å². The van der Waals surface area contributed by atoms with Gasteiger partial charge in [-0.05, 0) is 35.9 Å². The van der Waals surface area contributed by atoms with E-state index in [9.17, 15) is 9.59 Å². The Hall–Kier alpha value is -3.38. The Morgan fingerprint density at radius 2 is 1.73 bits per heavy atom. The highest BCUT2D eigenvalue weighted by atomic mass is 35.5. The maximum atomic E-state index is 12.1. The zero-order chi connectivity index (χ0) is 21.3. The van der Waals surface area contributed by atoms with Gasteiger partial charge in [0.2, 0.25) is 11.8 Å². The van der Waals surface area contributed by atoms with Crippen LogP contribution >= 0.6 is 11.6 Å². The van der Waals surface area contributed by atoms with Crippen LogP contribution in [0.2, 0.25) is 5.02 Å². The number of hydrogen-bond donors (Lipinski definition) is 2. The molecule has 2 N–H and O–H groups in total. The average molecular weight is 424 g/mol. The monoisotopic (exact) mass is 423 g/mol. The first-order chi connectivity index (χ1) is 14.6. The minimum atomic E-state index is -0.362. The highest BCUT2D eigenvalue weighted by molar-refractivity contribution is 6.33. The van der Waals surface area contributed by atoms with Crippen molar-refractivity contribution in [3.8, 4) is 5.75 Å². The van der Waals surface area contributed by atoms with Crippen molar-refractivity contribution < 1.29 is 14.3 Å². The van der Waals surface area contributed by atoms with Gasteiger partial charge in [-0.15, -0.1) is 0 Å². The fraction of sp³-hybridized carbons (Fsp3) is 0.174. The molecule has 0 bridgehead atoms. The highest BCUT2D eigenvalue weighted by Crippen LogP contribution is 2.26. The van der Waals surface area contributed by atoms with Crippen LogP contribution in [0.15, 0.2) is 65.8 Å². The number of hydrazone groups is 1. The van der Waals surface area contributed by atoms with E-state index >= 15 is 0 Å². The molecule has 0 atom stereocenters. The van der Waals surface area contributed by atoms with Crippen LogP contribution in [0.3, 0.4) is 0 Å². The number of ether oxygens (including phenoxy) is 1. The Labute approximate surface area is 179 Å². The SMILES string of the molecule is CCOc1ccc2ccccc2c1C=NNC(=O)CCC(=O)Nc1ccccc1Cl. The van der Waals surface area contributed by atoms with Crippen LogP contribution in [0.4, 0.5) is 5.69 Å². The molecule has 0 aliphatic rings. The summed E-state index contributed by atoms with van der Waals surface area (Å²) in [5.74, 6) is 0.0296. The second-order valence-electron chi connectivity index (χ2n) is 6.45. The largest absolute Gasteiger partial charge is 0.493 e. The van der Waals surface area contributed by atoms with Gasteiger partial charge >= 0.3 is 0 Å². The number of halogens is 1. The van der Waals surface area contributed by atoms with Crippen molar-refractivity contribution in [3.63, 3.8) is 0 Å². The Kier molecular flexibility index (Phi) is 7.40. The van der Waals surface area contributed by atoms with Gasteiger partial charge in [-0.1, -0.05) is 54.1 Å². The summed E-state index contributed by atoms with van der Waals surface area (Å²) >= 11 is 6.01. The van der Waals surface area contributed by atoms with Crippen molar-refractivity contribution in [2.24, 2.45) is 5.10 Å². The molecule has 0 aromatic heterocycles. The maximum Gasteiger partial charge on any atom is 0.240 e. The average Bonchev–Trinajstić information content (AvgIpc) is 2.75. The van der Waals surface area contributed by atoms with Gasteiger partial charge in [-0.25, -0.2) is 5.43 Å². The van der Waals surface area contributed by atoms with Crippen LogP contribution in [0.1, 0.15) is 25.3 Å². The van der Waals surface area contributed by atoms with E-state index in [-0.39, 0.29) is 24.7 Å². The summed E-state index contributed by atoms with van der Waals surface area (Å²) in [6.45, 7) is 2.43.